The van der Waals surface area contributed by atoms with Crippen molar-refractivity contribution in [3.05, 3.63) is 76.4 Å². The Balaban J connectivity index is 1.54. The van der Waals surface area contributed by atoms with Crippen LogP contribution in [0.2, 0.25) is 0 Å². The highest BCUT2D eigenvalue weighted by Gasteiger charge is 2.35. The smallest absolute Gasteiger partial charge is 0.227 e. The molecule has 1 unspecified atom stereocenters. The molecular weight excluding hydrogens is 550 g/mol. The number of carbonyl (C=O) groups is 2. The Labute approximate surface area is 237 Å². The maximum atomic E-state index is 14.3. The van der Waals surface area contributed by atoms with Gasteiger partial charge in [0.25, 0.3) is 0 Å². The first-order valence-electron chi connectivity index (χ1n) is 13.1. The molecule has 6 rings (SSSR count). The van der Waals surface area contributed by atoms with E-state index in [2.05, 4.69) is 15.5 Å². The van der Waals surface area contributed by atoms with E-state index in [1.54, 1.807) is 13.2 Å². The molecular formula is C29H26F2N6O3S. The number of nitrogens with zero attached hydrogens (tertiary/aromatic N) is 5. The van der Waals surface area contributed by atoms with Crippen LogP contribution in [0.4, 0.5) is 14.5 Å². The summed E-state index contributed by atoms with van der Waals surface area (Å²) in [7, 11) is 1.58. The van der Waals surface area contributed by atoms with Crippen molar-refractivity contribution in [1.82, 2.24) is 25.0 Å². The monoisotopic (exact) mass is 576 g/mol. The van der Waals surface area contributed by atoms with E-state index in [1.807, 2.05) is 36.6 Å². The first-order chi connectivity index (χ1) is 19.7. The number of benzene rings is 2. The minimum atomic E-state index is -1.03. The predicted octanol–water partition coefficient (Wildman–Crippen LogP) is 5.58. The minimum Gasteiger partial charge on any atom is -0.361 e. The number of amides is 2. The Morgan fingerprint density at radius 2 is 2.00 bits per heavy atom. The van der Waals surface area contributed by atoms with Gasteiger partial charge in [-0.15, -0.1) is 11.3 Å². The summed E-state index contributed by atoms with van der Waals surface area (Å²) in [4.78, 5) is 37.2. The lowest BCUT2D eigenvalue weighted by Gasteiger charge is -2.35. The fourth-order valence-electron chi connectivity index (χ4n) is 5.38. The van der Waals surface area contributed by atoms with Crippen LogP contribution in [-0.2, 0) is 16.0 Å². The SMILES string of the molecule is CNC(=O)Cc1cnc(-n2c(C3CCCC(=O)N3c3ccc(F)c(F)c3)nc3cc(-c4c(C)noc4C)ccc32)s1. The van der Waals surface area contributed by atoms with Crippen molar-refractivity contribution in [1.29, 1.82) is 0 Å². The zero-order chi connectivity index (χ0) is 28.8. The van der Waals surface area contributed by atoms with Gasteiger partial charge < -0.3 is 14.7 Å². The minimum absolute atomic E-state index is 0.137. The van der Waals surface area contributed by atoms with Gasteiger partial charge in [-0.25, -0.2) is 18.7 Å². The quantitative estimate of drug-likeness (QED) is 0.283. The van der Waals surface area contributed by atoms with Gasteiger partial charge in [0.2, 0.25) is 11.8 Å². The number of rotatable bonds is 6. The number of piperidine rings is 1. The average molecular weight is 577 g/mol. The molecule has 1 fully saturated rings. The van der Waals surface area contributed by atoms with Crippen LogP contribution < -0.4 is 10.2 Å². The number of imidazole rings is 1. The van der Waals surface area contributed by atoms with Gasteiger partial charge in [0.1, 0.15) is 11.6 Å². The second-order valence-electron chi connectivity index (χ2n) is 9.94. The molecule has 1 atom stereocenters. The molecule has 0 spiro atoms. The summed E-state index contributed by atoms with van der Waals surface area (Å²) in [6, 6.07) is 8.72. The van der Waals surface area contributed by atoms with Crippen LogP contribution in [0, 0.1) is 25.5 Å². The Bertz CT molecular complexity index is 1790. The van der Waals surface area contributed by atoms with Crippen molar-refractivity contribution >= 4 is 39.9 Å². The fraction of sp³-hybridized carbons (Fsp3) is 0.276. The van der Waals surface area contributed by atoms with Crippen LogP contribution in [0.15, 0.2) is 47.1 Å². The number of hydrogen-bond donors (Lipinski definition) is 1. The van der Waals surface area contributed by atoms with Crippen molar-refractivity contribution in [2.24, 2.45) is 0 Å². The van der Waals surface area contributed by atoms with E-state index in [0.29, 0.717) is 35.1 Å². The van der Waals surface area contributed by atoms with Gasteiger partial charge >= 0.3 is 0 Å². The maximum Gasteiger partial charge on any atom is 0.227 e. The van der Waals surface area contributed by atoms with E-state index in [0.717, 1.165) is 39.3 Å². The molecule has 1 N–H and O–H groups in total. The first-order valence-corrected chi connectivity index (χ1v) is 13.9. The molecule has 0 bridgehead atoms. The van der Waals surface area contributed by atoms with Crippen molar-refractivity contribution in [3.63, 3.8) is 0 Å². The van der Waals surface area contributed by atoms with Crippen molar-refractivity contribution in [3.8, 4) is 16.3 Å². The van der Waals surface area contributed by atoms with Crippen LogP contribution in [0.3, 0.4) is 0 Å². The number of anilines is 1. The molecule has 41 heavy (non-hydrogen) atoms. The molecule has 210 valence electrons. The van der Waals surface area contributed by atoms with Crippen LogP contribution in [0.5, 0.6) is 0 Å². The van der Waals surface area contributed by atoms with E-state index < -0.39 is 17.7 Å². The number of carbonyl (C=O) groups excluding carboxylic acids is 2. The number of fused-ring (bicyclic) bond motifs is 1. The van der Waals surface area contributed by atoms with Gasteiger partial charge in [0, 0.05) is 41.9 Å². The number of halogens is 2. The van der Waals surface area contributed by atoms with E-state index in [-0.39, 0.29) is 30.3 Å². The van der Waals surface area contributed by atoms with E-state index in [1.165, 1.54) is 22.3 Å². The van der Waals surface area contributed by atoms with E-state index in [4.69, 9.17) is 9.51 Å². The molecule has 2 amide bonds. The zero-order valence-electron chi connectivity index (χ0n) is 22.6. The van der Waals surface area contributed by atoms with Gasteiger partial charge in [-0.1, -0.05) is 11.2 Å². The largest absolute Gasteiger partial charge is 0.361 e. The standard InChI is InChI=1S/C29H26F2N6O3S/c1-15-27(16(2)40-35-15)17-7-10-23-22(11-17)34-28(37(23)29-33-14-19(41-29)13-25(38)32-3)24-5-4-6-26(39)36(24)18-8-9-20(30)21(31)12-18/h7-12,14,24H,4-6,13H2,1-3H3,(H,32,38). The summed E-state index contributed by atoms with van der Waals surface area (Å²) < 4.78 is 35.4. The second-order valence-corrected chi connectivity index (χ2v) is 11.0. The summed E-state index contributed by atoms with van der Waals surface area (Å²) >= 11 is 1.35. The summed E-state index contributed by atoms with van der Waals surface area (Å²) in [6.07, 6.45) is 3.27. The number of thiazole rings is 1. The Hall–Kier alpha value is -4.45. The lowest BCUT2D eigenvalue weighted by Crippen LogP contribution is -2.39. The van der Waals surface area contributed by atoms with Crippen LogP contribution >= 0.6 is 11.3 Å². The molecule has 4 heterocycles. The number of nitrogens with one attached hydrogen (secondary N) is 1. The molecule has 1 saturated heterocycles. The van der Waals surface area contributed by atoms with Gasteiger partial charge in [-0.05, 0) is 56.5 Å². The Morgan fingerprint density at radius 3 is 2.73 bits per heavy atom. The topological polar surface area (TPSA) is 106 Å². The van der Waals surface area contributed by atoms with Gasteiger partial charge in [0.15, 0.2) is 16.8 Å². The maximum absolute atomic E-state index is 14.3. The third-order valence-electron chi connectivity index (χ3n) is 7.28. The highest BCUT2D eigenvalue weighted by atomic mass is 32.1. The van der Waals surface area contributed by atoms with Gasteiger partial charge in [-0.3, -0.25) is 14.2 Å². The number of hydrogen-bond acceptors (Lipinski definition) is 7. The lowest BCUT2D eigenvalue weighted by atomic mass is 9.99. The lowest BCUT2D eigenvalue weighted by molar-refractivity contribution is -0.121. The molecule has 9 nitrogen and oxygen atoms in total. The normalized spacial score (nSPS) is 15.6. The van der Waals surface area contributed by atoms with E-state index >= 15 is 0 Å². The van der Waals surface area contributed by atoms with Crippen molar-refractivity contribution in [2.45, 2.75) is 45.6 Å². The first kappa shape index (κ1) is 26.8. The van der Waals surface area contributed by atoms with Gasteiger partial charge in [-0.2, -0.15) is 0 Å². The summed E-state index contributed by atoms with van der Waals surface area (Å²) in [5.74, 6) is -1.14. The van der Waals surface area contributed by atoms with Crippen molar-refractivity contribution < 1.29 is 22.9 Å². The molecule has 5 aromatic rings. The molecule has 0 saturated carbocycles. The predicted molar refractivity (Wildman–Crippen MR) is 150 cm³/mol. The molecule has 3 aromatic heterocycles. The summed E-state index contributed by atoms with van der Waals surface area (Å²) in [6.45, 7) is 3.72. The van der Waals surface area contributed by atoms with Crippen LogP contribution in [-0.4, -0.2) is 38.6 Å². The molecule has 1 aliphatic heterocycles. The molecule has 1 aliphatic rings. The van der Waals surface area contributed by atoms with Crippen LogP contribution in [0.25, 0.3) is 27.3 Å². The van der Waals surface area contributed by atoms with Crippen molar-refractivity contribution in [2.75, 3.05) is 11.9 Å². The third kappa shape index (κ3) is 4.77. The highest BCUT2D eigenvalue weighted by Crippen LogP contribution is 2.40. The number of aryl methyl sites for hydroxylation is 2. The average Bonchev–Trinajstić information content (AvgIpc) is 3.66. The third-order valence-corrected chi connectivity index (χ3v) is 8.26. The summed E-state index contributed by atoms with van der Waals surface area (Å²) in [5, 5.41) is 7.27. The van der Waals surface area contributed by atoms with Crippen LogP contribution in [0.1, 0.15) is 47.5 Å². The molecule has 12 heteroatoms. The highest BCUT2D eigenvalue weighted by molar-refractivity contribution is 7.14. The Kier molecular flexibility index (Phi) is 6.86. The molecule has 0 radical (unpaired) electrons. The molecule has 0 aliphatic carbocycles. The Morgan fingerprint density at radius 1 is 1.17 bits per heavy atom. The molecule has 2 aromatic carbocycles. The number of aromatic nitrogens is 4. The van der Waals surface area contributed by atoms with E-state index in [9.17, 15) is 18.4 Å². The fourth-order valence-corrected chi connectivity index (χ4v) is 6.31. The summed E-state index contributed by atoms with van der Waals surface area (Å²) in [5.41, 5.74) is 4.17. The number of likely N-dealkylation sites (N-methyl/N-ethyl adjacent to an activating group) is 1. The second kappa shape index (κ2) is 10.5. The zero-order valence-corrected chi connectivity index (χ0v) is 23.4. The van der Waals surface area contributed by atoms with Gasteiger partial charge in [0.05, 0.1) is 29.2 Å².